The molecular weight excluding hydrogens is 465 g/mol. The van der Waals surface area contributed by atoms with Crippen LogP contribution in [0, 0.1) is 0 Å². The maximum atomic E-state index is 13.6. The lowest BCUT2D eigenvalue weighted by Crippen LogP contribution is -2.61. The average molecular weight is 517 g/mol. The molecule has 0 aromatic heterocycles. The molecule has 0 saturated carbocycles. The zero-order chi connectivity index (χ0) is 26.4. The number of hydrogen-bond acceptors (Lipinski definition) is 5. The van der Waals surface area contributed by atoms with Crippen LogP contribution in [0.1, 0.15) is 62.3 Å². The van der Waals surface area contributed by atoms with Crippen molar-refractivity contribution in [2.45, 2.75) is 135 Å². The molecule has 5 nitrogen and oxygen atoms in total. The van der Waals surface area contributed by atoms with Gasteiger partial charge in [-0.1, -0.05) is 62.3 Å². The lowest BCUT2D eigenvalue weighted by molar-refractivity contribution is -0.132. The number of Topliss-reactive ketones (excluding diaryl/α,β-unsaturated/α-hetero) is 1. The normalized spacial score (nSPS) is 24.2. The van der Waals surface area contributed by atoms with Crippen LogP contribution in [-0.4, -0.2) is 60.8 Å². The summed E-state index contributed by atoms with van der Waals surface area (Å²) in [6.07, 6.45) is 0.0695. The molecule has 8 heteroatoms. The van der Waals surface area contributed by atoms with Gasteiger partial charge >= 0.3 is 0 Å². The number of hydrogen-bond donors (Lipinski definition) is 1. The quantitative estimate of drug-likeness (QED) is 0.383. The first-order valence-electron chi connectivity index (χ1n) is 12.3. The third kappa shape index (κ3) is 6.98. The first-order chi connectivity index (χ1) is 14.4. The molecule has 0 radical (unpaired) electrons. The van der Waals surface area contributed by atoms with Crippen molar-refractivity contribution in [3.05, 3.63) is 11.6 Å². The van der Waals surface area contributed by atoms with Gasteiger partial charge in [0.25, 0.3) is 0 Å². The van der Waals surface area contributed by atoms with Gasteiger partial charge in [-0.15, -0.1) is 0 Å². The Labute approximate surface area is 207 Å². The van der Waals surface area contributed by atoms with E-state index in [-0.39, 0.29) is 27.5 Å². The van der Waals surface area contributed by atoms with E-state index in [1.807, 2.05) is 6.08 Å². The second-order valence-corrected chi connectivity index (χ2v) is 28.5. The molecule has 0 bridgehead atoms. The fraction of sp³-hybridized carbons (Fsp3) is 0.880. The van der Waals surface area contributed by atoms with Gasteiger partial charge in [0.15, 0.2) is 30.7 Å². The highest BCUT2D eigenvalue weighted by Gasteiger charge is 2.52. The van der Waals surface area contributed by atoms with Crippen molar-refractivity contribution in [1.82, 2.24) is 0 Å². The molecule has 0 saturated heterocycles. The summed E-state index contributed by atoms with van der Waals surface area (Å²) in [5.74, 6) is -0.166. The Hall–Kier alpha value is -0.0994. The van der Waals surface area contributed by atoms with Crippen LogP contribution >= 0.6 is 0 Å². The lowest BCUT2D eigenvalue weighted by atomic mass is 9.91. The lowest BCUT2D eigenvalue weighted by Gasteiger charge is -2.49. The van der Waals surface area contributed by atoms with Gasteiger partial charge in [0, 0.05) is 5.57 Å². The van der Waals surface area contributed by atoms with Crippen molar-refractivity contribution in [1.29, 1.82) is 0 Å². The maximum absolute atomic E-state index is 13.6. The van der Waals surface area contributed by atoms with Gasteiger partial charge in [-0.2, -0.15) is 0 Å². The number of carbonyl (C=O) groups is 1. The Balaban J connectivity index is 3.65. The summed E-state index contributed by atoms with van der Waals surface area (Å²) < 4.78 is 20.6. The predicted molar refractivity (Wildman–Crippen MR) is 146 cm³/mol. The molecule has 1 aliphatic carbocycles. The molecule has 33 heavy (non-hydrogen) atoms. The Morgan fingerprint density at radius 3 is 1.45 bits per heavy atom. The van der Waals surface area contributed by atoms with Crippen molar-refractivity contribution >= 4 is 30.7 Å². The molecule has 0 fully saturated rings. The highest BCUT2D eigenvalue weighted by Crippen LogP contribution is 2.44. The van der Waals surface area contributed by atoms with Crippen LogP contribution in [0.5, 0.6) is 0 Å². The zero-order valence-corrected chi connectivity index (χ0v) is 27.1. The van der Waals surface area contributed by atoms with Crippen LogP contribution < -0.4 is 0 Å². The van der Waals surface area contributed by atoms with E-state index >= 15 is 0 Å². The van der Waals surface area contributed by atoms with Crippen molar-refractivity contribution in [2.24, 2.45) is 0 Å². The monoisotopic (exact) mass is 516 g/mol. The molecule has 0 spiro atoms. The van der Waals surface area contributed by atoms with Crippen molar-refractivity contribution in [3.8, 4) is 0 Å². The molecule has 0 aliphatic heterocycles. The molecule has 0 aromatic carbocycles. The van der Waals surface area contributed by atoms with Crippen LogP contribution in [0.4, 0.5) is 0 Å². The van der Waals surface area contributed by atoms with Crippen LogP contribution in [0.2, 0.25) is 54.4 Å². The Morgan fingerprint density at radius 2 is 1.09 bits per heavy atom. The molecule has 0 heterocycles. The van der Waals surface area contributed by atoms with E-state index in [1.165, 1.54) is 0 Å². The minimum Gasteiger partial charge on any atom is -0.408 e. The predicted octanol–water partition coefficient (Wildman–Crippen LogP) is 6.66. The molecule has 1 rings (SSSR count). The molecule has 1 aliphatic rings. The minimum atomic E-state index is -2.30. The second-order valence-electron chi connectivity index (χ2n) is 14.2. The minimum absolute atomic E-state index is 0.00101. The van der Waals surface area contributed by atoms with Gasteiger partial charge < -0.3 is 18.4 Å². The highest BCUT2D eigenvalue weighted by atomic mass is 28.4. The molecule has 3 atom stereocenters. The number of aliphatic hydroxyl groups is 1. The summed E-state index contributed by atoms with van der Waals surface area (Å²) in [5.41, 5.74) is 0.373. The first-order valence-corrected chi connectivity index (χ1v) is 21.0. The molecular formula is C25H52O5Si3. The van der Waals surface area contributed by atoms with Gasteiger partial charge in [0.1, 0.15) is 12.2 Å². The number of ketones is 1. The van der Waals surface area contributed by atoms with E-state index in [0.29, 0.717) is 5.57 Å². The van der Waals surface area contributed by atoms with E-state index < -0.39 is 43.3 Å². The number of carbonyl (C=O) groups excluding carboxylic acids is 1. The summed E-state index contributed by atoms with van der Waals surface area (Å²) in [4.78, 5) is 13.6. The fourth-order valence-electron chi connectivity index (χ4n) is 2.89. The molecule has 1 N–H and O–H groups in total. The summed E-state index contributed by atoms with van der Waals surface area (Å²) in [7, 11) is -6.75. The highest BCUT2D eigenvalue weighted by molar-refractivity contribution is 6.75. The van der Waals surface area contributed by atoms with E-state index in [2.05, 4.69) is 102 Å². The first kappa shape index (κ1) is 30.9. The third-order valence-corrected chi connectivity index (χ3v) is 21.8. The summed E-state index contributed by atoms with van der Waals surface area (Å²) in [6.45, 7) is 32.6. The Morgan fingerprint density at radius 1 is 0.727 bits per heavy atom. The topological polar surface area (TPSA) is 65.0 Å². The number of rotatable bonds is 7. The van der Waals surface area contributed by atoms with Gasteiger partial charge in [0.05, 0.1) is 12.7 Å². The van der Waals surface area contributed by atoms with Crippen molar-refractivity contribution < 1.29 is 23.2 Å². The Kier molecular flexibility index (Phi) is 9.14. The van der Waals surface area contributed by atoms with Crippen molar-refractivity contribution in [3.63, 3.8) is 0 Å². The standard InChI is InChI=1S/C25H52O5Si3/c1-23(2,3)31(10,11)28-19-16-18(17-26)20(27)22(30-33(14,15)25(7,8)9)21(19)29-32(12,13)24(4,5)6/h16,19,21-22,26H,17H2,1-15H3/t19-,21+,22+/m1/s1. The maximum Gasteiger partial charge on any atom is 0.193 e. The summed E-state index contributed by atoms with van der Waals surface area (Å²) >= 11 is 0. The van der Waals surface area contributed by atoms with Gasteiger partial charge in [0.2, 0.25) is 0 Å². The smallest absolute Gasteiger partial charge is 0.193 e. The van der Waals surface area contributed by atoms with Crippen molar-refractivity contribution in [2.75, 3.05) is 6.61 Å². The summed E-state index contributed by atoms with van der Waals surface area (Å²) in [5, 5.41) is 9.96. The van der Waals surface area contributed by atoms with Gasteiger partial charge in [-0.25, -0.2) is 0 Å². The third-order valence-electron chi connectivity index (χ3n) is 8.43. The van der Waals surface area contributed by atoms with Crippen LogP contribution in [0.3, 0.4) is 0 Å². The molecule has 0 amide bonds. The van der Waals surface area contributed by atoms with Crippen LogP contribution in [0.25, 0.3) is 0 Å². The largest absolute Gasteiger partial charge is 0.408 e. The summed E-state index contributed by atoms with van der Waals surface area (Å²) in [6, 6.07) is 0. The van der Waals surface area contributed by atoms with Crippen LogP contribution in [-0.2, 0) is 18.1 Å². The van der Waals surface area contributed by atoms with Crippen LogP contribution in [0.15, 0.2) is 11.6 Å². The van der Waals surface area contributed by atoms with Gasteiger partial charge in [-0.05, 0) is 60.5 Å². The van der Waals surface area contributed by atoms with E-state index in [9.17, 15) is 9.90 Å². The fourth-order valence-corrected chi connectivity index (χ4v) is 6.65. The molecule has 0 unspecified atom stereocenters. The second kappa shape index (κ2) is 9.75. The zero-order valence-electron chi connectivity index (χ0n) is 24.1. The SMILES string of the molecule is CC(C)(C)[Si](C)(C)O[C@H]1[C@H](O[Si](C)(C)C(C)(C)C)C=C(CO)C(=O)[C@@H]1O[Si](C)(C)C(C)(C)C. The molecule has 194 valence electrons. The Bertz CT molecular complexity index is 737. The van der Waals surface area contributed by atoms with Gasteiger partial charge in [-0.3, -0.25) is 4.79 Å². The average Bonchev–Trinajstić information content (AvgIpc) is 2.56. The number of aliphatic hydroxyl groups excluding tert-OH is 1. The van der Waals surface area contributed by atoms with E-state index in [1.54, 1.807) is 0 Å². The molecule has 0 aromatic rings. The van der Waals surface area contributed by atoms with E-state index in [0.717, 1.165) is 0 Å². The van der Waals surface area contributed by atoms with E-state index in [4.69, 9.17) is 13.3 Å².